The van der Waals surface area contributed by atoms with Gasteiger partial charge in [0.05, 0.1) is 14.2 Å². The fourth-order valence-electron chi connectivity index (χ4n) is 3.73. The molecule has 0 amide bonds. The summed E-state index contributed by atoms with van der Waals surface area (Å²) in [4.78, 5) is 0. The lowest BCUT2D eigenvalue weighted by atomic mass is 9.75. The van der Waals surface area contributed by atoms with Gasteiger partial charge in [0.15, 0.2) is 11.5 Å². The number of rotatable bonds is 6. The number of hydrogen-bond acceptors (Lipinski definition) is 3. The molecule has 1 aromatic carbocycles. The third-order valence-electron chi connectivity index (χ3n) is 4.93. The van der Waals surface area contributed by atoms with E-state index in [1.54, 1.807) is 14.2 Å². The first kappa shape index (κ1) is 16.2. The summed E-state index contributed by atoms with van der Waals surface area (Å²) in [5.74, 6) is 2.27. The van der Waals surface area contributed by atoms with Crippen LogP contribution < -0.4 is 14.8 Å². The predicted molar refractivity (Wildman–Crippen MR) is 87.1 cm³/mol. The highest BCUT2D eigenvalue weighted by Crippen LogP contribution is 2.49. The Morgan fingerprint density at radius 1 is 1.24 bits per heavy atom. The van der Waals surface area contributed by atoms with Crippen LogP contribution in [0.3, 0.4) is 0 Å². The molecule has 1 aromatic rings. The summed E-state index contributed by atoms with van der Waals surface area (Å²) >= 11 is 0. The van der Waals surface area contributed by atoms with Crippen molar-refractivity contribution in [1.82, 2.24) is 5.32 Å². The zero-order chi connectivity index (χ0) is 15.5. The number of methoxy groups -OCH3 is 2. The lowest BCUT2D eigenvalue weighted by Gasteiger charge is -2.35. The normalized spacial score (nSPS) is 22.0. The average molecular weight is 291 g/mol. The molecule has 1 aliphatic rings. The molecule has 0 heterocycles. The monoisotopic (exact) mass is 291 g/mol. The SMILES string of the molecule is CCNC(c1ccc(OC)c(OC)c1)C1CCCC1(C)C. The first-order valence-electron chi connectivity index (χ1n) is 7.98. The van der Waals surface area contributed by atoms with Crippen molar-refractivity contribution < 1.29 is 9.47 Å². The van der Waals surface area contributed by atoms with Crippen LogP contribution in [0.15, 0.2) is 18.2 Å². The molecule has 1 fully saturated rings. The van der Waals surface area contributed by atoms with E-state index in [1.165, 1.54) is 24.8 Å². The highest BCUT2D eigenvalue weighted by atomic mass is 16.5. The van der Waals surface area contributed by atoms with Crippen LogP contribution in [0, 0.1) is 11.3 Å². The Morgan fingerprint density at radius 3 is 2.48 bits per heavy atom. The van der Waals surface area contributed by atoms with Crippen molar-refractivity contribution in [3.63, 3.8) is 0 Å². The van der Waals surface area contributed by atoms with Gasteiger partial charge in [-0.3, -0.25) is 0 Å². The van der Waals surface area contributed by atoms with Gasteiger partial charge in [-0.1, -0.05) is 33.3 Å². The maximum Gasteiger partial charge on any atom is 0.161 e. The summed E-state index contributed by atoms with van der Waals surface area (Å²) in [6.07, 6.45) is 3.93. The van der Waals surface area contributed by atoms with Crippen LogP contribution in [0.25, 0.3) is 0 Å². The predicted octanol–water partition coefficient (Wildman–Crippen LogP) is 4.18. The van der Waals surface area contributed by atoms with E-state index in [0.29, 0.717) is 17.4 Å². The minimum Gasteiger partial charge on any atom is -0.493 e. The van der Waals surface area contributed by atoms with Crippen molar-refractivity contribution in [2.75, 3.05) is 20.8 Å². The number of benzene rings is 1. The lowest BCUT2D eigenvalue weighted by molar-refractivity contribution is 0.199. The van der Waals surface area contributed by atoms with Gasteiger partial charge in [0.25, 0.3) is 0 Å². The van der Waals surface area contributed by atoms with E-state index in [-0.39, 0.29) is 0 Å². The maximum atomic E-state index is 5.47. The summed E-state index contributed by atoms with van der Waals surface area (Å²) < 4.78 is 10.8. The van der Waals surface area contributed by atoms with E-state index in [1.807, 2.05) is 6.07 Å². The van der Waals surface area contributed by atoms with Gasteiger partial charge in [0.1, 0.15) is 0 Å². The standard InChI is InChI=1S/C18H29NO2/c1-6-19-17(14-8-7-11-18(14,2)3)13-9-10-15(20-4)16(12-13)21-5/h9-10,12,14,17,19H,6-8,11H2,1-5H3. The van der Waals surface area contributed by atoms with Crippen LogP contribution in [0.4, 0.5) is 0 Å². The van der Waals surface area contributed by atoms with Crippen LogP contribution in [0.5, 0.6) is 11.5 Å². The molecule has 2 rings (SSSR count). The zero-order valence-electron chi connectivity index (χ0n) is 14.0. The Morgan fingerprint density at radius 2 is 1.95 bits per heavy atom. The molecule has 0 saturated heterocycles. The second-order valence-corrected chi connectivity index (χ2v) is 6.64. The third-order valence-corrected chi connectivity index (χ3v) is 4.93. The smallest absolute Gasteiger partial charge is 0.161 e. The van der Waals surface area contributed by atoms with Crippen LogP contribution in [0.1, 0.15) is 51.6 Å². The second kappa shape index (κ2) is 6.69. The molecule has 0 radical (unpaired) electrons. The van der Waals surface area contributed by atoms with Gasteiger partial charge in [-0.2, -0.15) is 0 Å². The fourth-order valence-corrected chi connectivity index (χ4v) is 3.73. The van der Waals surface area contributed by atoms with Crippen LogP contribution in [0.2, 0.25) is 0 Å². The summed E-state index contributed by atoms with van der Waals surface area (Å²) in [6, 6.07) is 6.69. The van der Waals surface area contributed by atoms with E-state index in [2.05, 4.69) is 38.2 Å². The Hall–Kier alpha value is -1.22. The minimum atomic E-state index is 0.382. The van der Waals surface area contributed by atoms with Crippen molar-refractivity contribution in [1.29, 1.82) is 0 Å². The van der Waals surface area contributed by atoms with E-state index < -0.39 is 0 Å². The van der Waals surface area contributed by atoms with E-state index in [9.17, 15) is 0 Å². The molecule has 3 nitrogen and oxygen atoms in total. The molecular formula is C18H29NO2. The van der Waals surface area contributed by atoms with Crippen molar-refractivity contribution in [2.24, 2.45) is 11.3 Å². The van der Waals surface area contributed by atoms with Gasteiger partial charge < -0.3 is 14.8 Å². The Labute approximate surface area is 129 Å². The largest absolute Gasteiger partial charge is 0.493 e. The van der Waals surface area contributed by atoms with Gasteiger partial charge >= 0.3 is 0 Å². The van der Waals surface area contributed by atoms with Crippen LogP contribution >= 0.6 is 0 Å². The minimum absolute atomic E-state index is 0.382. The van der Waals surface area contributed by atoms with E-state index in [0.717, 1.165) is 18.0 Å². The quantitative estimate of drug-likeness (QED) is 0.853. The van der Waals surface area contributed by atoms with Crippen molar-refractivity contribution in [3.8, 4) is 11.5 Å². The molecule has 1 N–H and O–H groups in total. The Balaban J connectivity index is 2.34. The molecule has 0 aliphatic heterocycles. The van der Waals surface area contributed by atoms with Gasteiger partial charge in [0.2, 0.25) is 0 Å². The Kier molecular flexibility index (Phi) is 5.15. The number of ether oxygens (including phenoxy) is 2. The highest BCUT2D eigenvalue weighted by molar-refractivity contribution is 5.44. The molecule has 1 saturated carbocycles. The molecule has 118 valence electrons. The molecule has 3 heteroatoms. The summed E-state index contributed by atoms with van der Waals surface area (Å²) in [6.45, 7) is 7.95. The highest BCUT2D eigenvalue weighted by Gasteiger charge is 2.39. The van der Waals surface area contributed by atoms with Gasteiger partial charge in [-0.25, -0.2) is 0 Å². The van der Waals surface area contributed by atoms with Gasteiger partial charge in [-0.15, -0.1) is 0 Å². The third kappa shape index (κ3) is 3.34. The van der Waals surface area contributed by atoms with E-state index >= 15 is 0 Å². The molecule has 0 aromatic heterocycles. The van der Waals surface area contributed by atoms with Crippen LogP contribution in [-0.4, -0.2) is 20.8 Å². The molecule has 2 atom stereocenters. The summed E-state index contributed by atoms with van der Waals surface area (Å²) in [5.41, 5.74) is 1.69. The molecule has 1 aliphatic carbocycles. The molecule has 2 unspecified atom stereocenters. The molecule has 0 bridgehead atoms. The first-order chi connectivity index (χ1) is 10.0. The second-order valence-electron chi connectivity index (χ2n) is 6.64. The summed E-state index contributed by atoms with van der Waals surface area (Å²) in [5, 5.41) is 3.69. The van der Waals surface area contributed by atoms with E-state index in [4.69, 9.17) is 9.47 Å². The average Bonchev–Trinajstić information content (AvgIpc) is 2.83. The fraction of sp³-hybridized carbons (Fsp3) is 0.667. The lowest BCUT2D eigenvalue weighted by Crippen LogP contribution is -2.33. The maximum absolute atomic E-state index is 5.47. The van der Waals surface area contributed by atoms with Gasteiger partial charge in [-0.05, 0) is 48.4 Å². The van der Waals surface area contributed by atoms with Crippen molar-refractivity contribution in [2.45, 2.75) is 46.1 Å². The topological polar surface area (TPSA) is 30.5 Å². The first-order valence-corrected chi connectivity index (χ1v) is 7.98. The van der Waals surface area contributed by atoms with Crippen molar-refractivity contribution >= 4 is 0 Å². The zero-order valence-corrected chi connectivity index (χ0v) is 14.0. The molecular weight excluding hydrogens is 262 g/mol. The van der Waals surface area contributed by atoms with Crippen molar-refractivity contribution in [3.05, 3.63) is 23.8 Å². The van der Waals surface area contributed by atoms with Crippen LogP contribution in [-0.2, 0) is 0 Å². The number of nitrogens with one attached hydrogen (secondary N) is 1. The number of hydrogen-bond donors (Lipinski definition) is 1. The molecule has 21 heavy (non-hydrogen) atoms. The van der Waals surface area contributed by atoms with Gasteiger partial charge in [0, 0.05) is 6.04 Å². The molecule has 0 spiro atoms. The Bertz CT molecular complexity index is 470. The summed E-state index contributed by atoms with van der Waals surface area (Å²) in [7, 11) is 3.38.